The molecule has 0 saturated carbocycles. The number of para-hydroxylation sites is 1. The van der Waals surface area contributed by atoms with E-state index in [1.807, 2.05) is 66.9 Å². The molecule has 1 aromatic heterocycles. The number of hydrogen-bond acceptors (Lipinski definition) is 4. The van der Waals surface area contributed by atoms with Crippen molar-refractivity contribution in [1.82, 2.24) is 15.1 Å². The van der Waals surface area contributed by atoms with Crippen LogP contribution in [0, 0.1) is 0 Å². The van der Waals surface area contributed by atoms with E-state index in [1.54, 1.807) is 4.68 Å². The van der Waals surface area contributed by atoms with Crippen LogP contribution in [0.25, 0.3) is 5.69 Å². The minimum Gasteiger partial charge on any atom is -0.346 e. The van der Waals surface area contributed by atoms with Gasteiger partial charge in [0.1, 0.15) is 10.6 Å². The standard InChI is InChI=1S/C19H16N4OS/c1-25-19-16-17(23(22-19)14-10-6-3-7-11-14)21-15(12-20-18(16)24)13-8-4-2-5-9-13/h2-11H,12H2,1H3,(H,20,24). The van der Waals surface area contributed by atoms with Crippen molar-refractivity contribution in [1.29, 1.82) is 0 Å². The maximum absolute atomic E-state index is 12.7. The molecular weight excluding hydrogens is 332 g/mol. The van der Waals surface area contributed by atoms with Crippen molar-refractivity contribution < 1.29 is 4.79 Å². The Morgan fingerprint density at radius 1 is 1.04 bits per heavy atom. The molecule has 1 aliphatic rings. The number of nitrogens with one attached hydrogen (secondary N) is 1. The van der Waals surface area contributed by atoms with Crippen LogP contribution in [0.4, 0.5) is 5.82 Å². The van der Waals surface area contributed by atoms with Gasteiger partial charge in [0.25, 0.3) is 5.91 Å². The lowest BCUT2D eigenvalue weighted by atomic mass is 10.1. The zero-order valence-electron chi connectivity index (χ0n) is 13.6. The smallest absolute Gasteiger partial charge is 0.258 e. The predicted molar refractivity (Wildman–Crippen MR) is 100 cm³/mol. The first kappa shape index (κ1) is 15.7. The molecule has 4 rings (SSSR count). The maximum atomic E-state index is 12.7. The highest BCUT2D eigenvalue weighted by atomic mass is 32.2. The molecule has 2 heterocycles. The summed E-state index contributed by atoms with van der Waals surface area (Å²) in [5, 5.41) is 8.24. The average Bonchev–Trinajstić information content (AvgIpc) is 2.95. The van der Waals surface area contributed by atoms with E-state index < -0.39 is 0 Å². The molecule has 124 valence electrons. The fourth-order valence-electron chi connectivity index (χ4n) is 2.80. The largest absolute Gasteiger partial charge is 0.346 e. The number of thioether (sulfide) groups is 1. The van der Waals surface area contributed by atoms with Gasteiger partial charge in [-0.05, 0) is 24.0 Å². The molecule has 0 fully saturated rings. The van der Waals surface area contributed by atoms with Gasteiger partial charge < -0.3 is 5.32 Å². The second kappa shape index (κ2) is 6.57. The van der Waals surface area contributed by atoms with Crippen LogP contribution in [0.3, 0.4) is 0 Å². The van der Waals surface area contributed by atoms with Gasteiger partial charge in [-0.3, -0.25) is 4.79 Å². The summed E-state index contributed by atoms with van der Waals surface area (Å²) in [6, 6.07) is 19.6. The normalized spacial score (nSPS) is 13.6. The van der Waals surface area contributed by atoms with Crippen molar-refractivity contribution >= 4 is 29.2 Å². The fraction of sp³-hybridized carbons (Fsp3) is 0.105. The van der Waals surface area contributed by atoms with Crippen LogP contribution in [-0.4, -0.2) is 34.2 Å². The Morgan fingerprint density at radius 3 is 2.40 bits per heavy atom. The summed E-state index contributed by atoms with van der Waals surface area (Å²) in [6.07, 6.45) is 1.91. The van der Waals surface area contributed by atoms with Gasteiger partial charge in [-0.15, -0.1) is 11.8 Å². The predicted octanol–water partition coefficient (Wildman–Crippen LogP) is 3.46. The molecule has 5 nitrogen and oxygen atoms in total. The Labute approximate surface area is 149 Å². The van der Waals surface area contributed by atoms with E-state index in [2.05, 4.69) is 10.4 Å². The Bertz CT molecular complexity index is 948. The van der Waals surface area contributed by atoms with Crippen LogP contribution in [0.1, 0.15) is 15.9 Å². The molecule has 1 amide bonds. The number of aromatic nitrogens is 2. The van der Waals surface area contributed by atoms with Crippen LogP contribution in [0.5, 0.6) is 0 Å². The zero-order valence-corrected chi connectivity index (χ0v) is 14.5. The van der Waals surface area contributed by atoms with Gasteiger partial charge in [-0.1, -0.05) is 48.5 Å². The summed E-state index contributed by atoms with van der Waals surface area (Å²) in [5.41, 5.74) is 3.21. The molecule has 0 unspecified atom stereocenters. The van der Waals surface area contributed by atoms with Gasteiger partial charge in [0, 0.05) is 0 Å². The molecule has 0 spiro atoms. The van der Waals surface area contributed by atoms with Gasteiger partial charge in [-0.25, -0.2) is 9.67 Å². The lowest BCUT2D eigenvalue weighted by Gasteiger charge is -2.06. The highest BCUT2D eigenvalue weighted by molar-refractivity contribution is 7.98. The van der Waals surface area contributed by atoms with Crippen molar-refractivity contribution in [3.8, 4) is 5.69 Å². The first-order valence-electron chi connectivity index (χ1n) is 7.91. The minimum atomic E-state index is -0.142. The van der Waals surface area contributed by atoms with Crippen molar-refractivity contribution in [2.45, 2.75) is 5.03 Å². The second-order valence-corrected chi connectivity index (χ2v) is 6.36. The first-order chi connectivity index (χ1) is 12.3. The molecule has 25 heavy (non-hydrogen) atoms. The van der Waals surface area contributed by atoms with E-state index in [1.165, 1.54) is 11.8 Å². The number of benzene rings is 2. The molecule has 1 N–H and O–H groups in total. The van der Waals surface area contributed by atoms with E-state index in [-0.39, 0.29) is 5.91 Å². The fourth-order valence-corrected chi connectivity index (χ4v) is 3.35. The number of fused-ring (bicyclic) bond motifs is 1. The van der Waals surface area contributed by atoms with E-state index in [0.29, 0.717) is 23.0 Å². The number of carbonyl (C=O) groups excluding carboxylic acids is 1. The van der Waals surface area contributed by atoms with Crippen LogP contribution >= 0.6 is 11.8 Å². The number of rotatable bonds is 3. The molecule has 2 aromatic carbocycles. The summed E-state index contributed by atoms with van der Waals surface area (Å²) in [5.74, 6) is 0.431. The van der Waals surface area contributed by atoms with Crippen LogP contribution in [0.15, 0.2) is 70.7 Å². The van der Waals surface area contributed by atoms with Crippen LogP contribution < -0.4 is 5.32 Å². The molecule has 0 bridgehead atoms. The highest BCUT2D eigenvalue weighted by Gasteiger charge is 2.27. The highest BCUT2D eigenvalue weighted by Crippen LogP contribution is 2.33. The third kappa shape index (κ3) is 2.85. The quantitative estimate of drug-likeness (QED) is 0.738. The summed E-state index contributed by atoms with van der Waals surface area (Å²) < 4.78 is 1.75. The Kier molecular flexibility index (Phi) is 4.11. The number of nitrogens with zero attached hydrogens (tertiary/aromatic N) is 3. The lowest BCUT2D eigenvalue weighted by molar-refractivity contribution is 0.0958. The Hall–Kier alpha value is -2.86. The number of aliphatic imine (C=N–C) groups is 1. The van der Waals surface area contributed by atoms with E-state index >= 15 is 0 Å². The van der Waals surface area contributed by atoms with Crippen molar-refractivity contribution in [3.63, 3.8) is 0 Å². The van der Waals surface area contributed by atoms with Crippen molar-refractivity contribution in [3.05, 3.63) is 71.8 Å². The van der Waals surface area contributed by atoms with Crippen LogP contribution in [-0.2, 0) is 0 Å². The van der Waals surface area contributed by atoms with Crippen LogP contribution in [0.2, 0.25) is 0 Å². The van der Waals surface area contributed by atoms with Crippen molar-refractivity contribution in [2.75, 3.05) is 12.8 Å². The molecule has 6 heteroatoms. The van der Waals surface area contributed by atoms with E-state index in [0.717, 1.165) is 17.0 Å². The van der Waals surface area contributed by atoms with Crippen molar-refractivity contribution in [2.24, 2.45) is 4.99 Å². The SMILES string of the molecule is CSc1nn(-c2ccccc2)c2c1C(=O)NCC(c1ccccc1)=N2. The van der Waals surface area contributed by atoms with Gasteiger partial charge in [0.15, 0.2) is 5.82 Å². The third-order valence-corrected chi connectivity index (χ3v) is 4.69. The second-order valence-electron chi connectivity index (χ2n) is 5.56. The molecule has 0 atom stereocenters. The number of amides is 1. The lowest BCUT2D eigenvalue weighted by Crippen LogP contribution is -2.28. The number of carbonyl (C=O) groups is 1. The Morgan fingerprint density at radius 2 is 1.72 bits per heavy atom. The molecule has 3 aromatic rings. The summed E-state index contributed by atoms with van der Waals surface area (Å²) in [6.45, 7) is 0.389. The van der Waals surface area contributed by atoms with Gasteiger partial charge in [0.05, 0.1) is 17.9 Å². The molecule has 1 aliphatic heterocycles. The summed E-state index contributed by atoms with van der Waals surface area (Å²) in [7, 11) is 0. The zero-order chi connectivity index (χ0) is 17.2. The molecular formula is C19H16N4OS. The molecule has 0 saturated heterocycles. The monoisotopic (exact) mass is 348 g/mol. The van der Waals surface area contributed by atoms with E-state index in [4.69, 9.17) is 4.99 Å². The van der Waals surface area contributed by atoms with Gasteiger partial charge in [0.2, 0.25) is 0 Å². The van der Waals surface area contributed by atoms with E-state index in [9.17, 15) is 4.79 Å². The summed E-state index contributed by atoms with van der Waals surface area (Å²) in [4.78, 5) is 17.5. The molecule has 0 radical (unpaired) electrons. The van der Waals surface area contributed by atoms with Gasteiger partial charge >= 0.3 is 0 Å². The maximum Gasteiger partial charge on any atom is 0.258 e. The molecule has 0 aliphatic carbocycles. The summed E-state index contributed by atoms with van der Waals surface area (Å²) >= 11 is 1.45. The van der Waals surface area contributed by atoms with Gasteiger partial charge in [-0.2, -0.15) is 5.10 Å². The minimum absolute atomic E-state index is 0.142. The Balaban J connectivity index is 1.94. The topological polar surface area (TPSA) is 59.3 Å². The number of hydrogen-bond donors (Lipinski definition) is 1. The third-order valence-electron chi connectivity index (χ3n) is 4.01. The average molecular weight is 348 g/mol. The first-order valence-corrected chi connectivity index (χ1v) is 9.14.